The van der Waals surface area contributed by atoms with Crippen molar-refractivity contribution in [2.45, 2.75) is 238 Å². The number of aryl methyl sites for hydroxylation is 3. The average molecular weight is 1780 g/mol. The van der Waals surface area contributed by atoms with Crippen molar-refractivity contribution in [3.8, 4) is 22.4 Å². The molecule has 0 unspecified atom stereocenters. The number of unbranched alkanes of at least 4 members (excludes halogenated alkanes) is 1. The number of rotatable bonds is 30. The fourth-order valence-corrected chi connectivity index (χ4v) is 18.1. The molecule has 4 aliphatic heterocycles. The van der Waals surface area contributed by atoms with E-state index in [2.05, 4.69) is 41.5 Å². The van der Waals surface area contributed by atoms with Gasteiger partial charge in [-0.1, -0.05) is 94.5 Å². The number of ketones is 3. The minimum Gasteiger partial charge on any atom is -0.460 e. The topological polar surface area (TPSA) is 434 Å². The van der Waals surface area contributed by atoms with Crippen molar-refractivity contribution in [1.82, 2.24) is 64.8 Å². The first-order chi connectivity index (χ1) is 62.2. The van der Waals surface area contributed by atoms with E-state index < -0.39 is 83.7 Å². The summed E-state index contributed by atoms with van der Waals surface area (Å²) in [6.45, 7) is 18.5. The molecule has 1 aliphatic carbocycles. The zero-order valence-electron chi connectivity index (χ0n) is 76.2. The van der Waals surface area contributed by atoms with Gasteiger partial charge in [0.1, 0.15) is 53.5 Å². The fourth-order valence-electron chi connectivity index (χ4n) is 18.1. The van der Waals surface area contributed by atoms with Gasteiger partial charge in [0.2, 0.25) is 23.5 Å². The molecule has 698 valence electrons. The Labute approximate surface area is 754 Å². The number of hydrogen-bond donors (Lipinski definition) is 5. The third-order valence-electron chi connectivity index (χ3n) is 25.8. The first kappa shape index (κ1) is 97.6. The van der Waals surface area contributed by atoms with Gasteiger partial charge in [0.25, 0.3) is 17.7 Å². The number of oxazole rings is 1. The molecule has 7 aromatic rings. The van der Waals surface area contributed by atoms with E-state index in [-0.39, 0.29) is 85.9 Å². The molecule has 34 nitrogen and oxygen atoms in total. The van der Waals surface area contributed by atoms with Crippen LogP contribution in [0.25, 0.3) is 44.5 Å². The Morgan fingerprint density at radius 3 is 2.33 bits per heavy atom. The highest BCUT2D eigenvalue weighted by Crippen LogP contribution is 2.40. The van der Waals surface area contributed by atoms with E-state index in [1.807, 2.05) is 112 Å². The molecule has 129 heavy (non-hydrogen) atoms. The molecule has 15 atom stereocenters. The highest BCUT2D eigenvalue weighted by Gasteiger charge is 2.53. The third-order valence-corrected chi connectivity index (χ3v) is 25.8. The summed E-state index contributed by atoms with van der Waals surface area (Å²) in [5, 5.41) is 40.9. The van der Waals surface area contributed by atoms with Crippen LogP contribution in [0.1, 0.15) is 169 Å². The minimum atomic E-state index is -2.47. The number of piperidine rings is 1. The normalized spacial score (nSPS) is 27.0. The molecule has 2 bridgehead atoms. The number of fused-ring (bicyclic) bond motifs is 5. The van der Waals surface area contributed by atoms with Crippen LogP contribution < -0.4 is 21.7 Å². The Balaban J connectivity index is 0.560. The Morgan fingerprint density at radius 2 is 1.56 bits per heavy atom. The molecule has 34 heteroatoms. The van der Waals surface area contributed by atoms with E-state index in [9.17, 15) is 43.8 Å². The number of hydrogen-bond acceptors (Lipinski definition) is 29. The number of ether oxygens (including phenoxy) is 8. The summed E-state index contributed by atoms with van der Waals surface area (Å²) in [5.41, 5.74) is 19.9. The summed E-state index contributed by atoms with van der Waals surface area (Å²) in [4.78, 5) is 126. The number of aliphatic hydroxyl groups is 2. The molecule has 0 spiro atoms. The largest absolute Gasteiger partial charge is 0.460 e. The lowest BCUT2D eigenvalue weighted by molar-refractivity contribution is -0.265. The van der Waals surface area contributed by atoms with Crippen LogP contribution in [0.4, 0.5) is 17.8 Å². The highest BCUT2D eigenvalue weighted by molar-refractivity contribution is 6.39. The summed E-state index contributed by atoms with van der Waals surface area (Å²) in [5.74, 6) is -7.52. The number of nitrogens with zero attached hydrogens (tertiary/aromatic N) is 13. The lowest BCUT2D eigenvalue weighted by atomic mass is 9.78. The number of aromatic nitrogens is 10. The molecule has 0 radical (unpaired) electrons. The maximum atomic E-state index is 14.9. The number of carbonyl (C=O) groups excluding carboxylic acids is 7. The monoisotopic (exact) mass is 1780 g/mol. The third kappa shape index (κ3) is 26.0. The summed E-state index contributed by atoms with van der Waals surface area (Å²) >= 11 is 0. The number of nitrogens with one attached hydrogen (secondary N) is 1. The molecular weight excluding hydrogens is 1650 g/mol. The molecule has 2 aromatic carbocycles. The molecular formula is C95H130N16O18. The Kier molecular flexibility index (Phi) is 35.5. The van der Waals surface area contributed by atoms with Gasteiger partial charge >= 0.3 is 5.97 Å². The number of anilines is 3. The smallest absolute Gasteiger partial charge is 0.329 e. The van der Waals surface area contributed by atoms with Crippen LogP contribution in [-0.4, -0.2) is 252 Å². The molecule has 3 amide bonds. The molecule has 5 aliphatic rings. The Bertz CT molecular complexity index is 5060. The molecule has 5 aromatic heterocycles. The Hall–Kier alpha value is -10.4. The van der Waals surface area contributed by atoms with Crippen molar-refractivity contribution in [3.63, 3.8) is 0 Å². The SMILES string of the molecule is CO[C@H]1C[C@@H]2CC[C@@H](C)[C@@](O)(O2)C(=O)C(=O)N2CCCC[C@H]2C(=O)O[C@H]([C@H](C)C[C@@H]2CC[C@@H](OCc3cccc(-c4cnc(N5CCN(C(=O)CCc6cn(CCCOCCOCCC(=O)NCCCCn7nc(-c8ccc9oc(N)nc9c8)c8c(N)ncnc87)nn6)CC5)nc4)c3)[C@H](OC)C2)CC(=O)[C@H](C)/C=C(\C)[C@@H](O)[C@@H](OC)C(=O)[C@H](C)C[C@H](C)/C=C/C=C/C=C/1C. The number of piperazine rings is 1. The van der Waals surface area contributed by atoms with Crippen LogP contribution in [0.3, 0.4) is 0 Å². The minimum absolute atomic E-state index is 0.0134. The van der Waals surface area contributed by atoms with Gasteiger partial charge in [0, 0.05) is 160 Å². The fraction of sp³-hybridized carbons (Fsp3) is 0.589. The van der Waals surface area contributed by atoms with E-state index in [0.29, 0.717) is 194 Å². The average Bonchev–Trinajstić information content (AvgIpc) is 1.70. The van der Waals surface area contributed by atoms with Gasteiger partial charge in [-0.3, -0.25) is 33.4 Å². The van der Waals surface area contributed by atoms with Gasteiger partial charge in [-0.2, -0.15) is 10.1 Å². The number of methoxy groups -OCH3 is 3. The Morgan fingerprint density at radius 1 is 0.767 bits per heavy atom. The lowest BCUT2D eigenvalue weighted by Crippen LogP contribution is -2.61. The standard InChI is InChI=1S/C95H130N16O18/c1-59-20-12-11-13-21-60(2)78(121-8)52-72-29-25-65(7)95(120,129-72)88(117)91(118)110-36-16-14-24-74(110)92(119)127-79(53-75(112)61(3)47-64(6)86(116)87(123-10)85(115)63(5)46-59)62(4)48-66-26-30-77(80(50-66)122-9)126-57-67-22-18-23-68(49-67)70-54-99-94(100-55-70)108-40-38-107(39-41-108)82(114)32-28-71-56-109(106-104-71)35-19-42-124-44-45-125-43-33-81(113)98-34-15-17-37-111-90-83(89(96)101-58-102-90)84(105-111)69-27-31-76-73(51-69)103-93(97)128-76/h11-13,18,20-23,27,31,47,49,51,54-56,58-59,61-63,65-66,72,74,77-80,86-87,116,120H,14-17,19,24-26,28-30,32-46,48,50,52-53,57H2,1-10H3,(H2,97,103)(H,98,113)(H2,96,101,102)/b13-11+,20-12+,60-21+,64-47+/t59-,61-,62-,63-,65-,66+,72+,74+,77-,78+,79+,80-,86-,87+,95-/m1/s1. The van der Waals surface area contributed by atoms with Crippen molar-refractivity contribution >= 4 is 81.0 Å². The zero-order chi connectivity index (χ0) is 91.8. The number of cyclic esters (lactones) is 1. The lowest BCUT2D eigenvalue weighted by Gasteiger charge is -2.42. The van der Waals surface area contributed by atoms with Crippen LogP contribution in [-0.2, 0) is 97.6 Å². The van der Waals surface area contributed by atoms with Gasteiger partial charge < -0.3 is 84.0 Å². The van der Waals surface area contributed by atoms with Crippen molar-refractivity contribution in [1.29, 1.82) is 0 Å². The van der Waals surface area contributed by atoms with E-state index in [4.69, 9.17) is 68.8 Å². The van der Waals surface area contributed by atoms with Gasteiger partial charge in [-0.25, -0.2) is 29.4 Å². The van der Waals surface area contributed by atoms with Crippen molar-refractivity contribution in [2.24, 2.45) is 35.5 Å². The van der Waals surface area contributed by atoms with Crippen LogP contribution in [0.2, 0.25) is 0 Å². The van der Waals surface area contributed by atoms with Gasteiger partial charge in [0.05, 0.1) is 61.9 Å². The molecule has 12 rings (SSSR count). The number of nitrogen functional groups attached to an aromatic ring is 2. The van der Waals surface area contributed by atoms with Gasteiger partial charge in [0.15, 0.2) is 17.0 Å². The van der Waals surface area contributed by atoms with E-state index in [0.717, 1.165) is 52.8 Å². The zero-order valence-corrected chi connectivity index (χ0v) is 76.2. The van der Waals surface area contributed by atoms with Gasteiger partial charge in [-0.05, 0) is 162 Å². The second-order valence-corrected chi connectivity index (χ2v) is 35.3. The summed E-state index contributed by atoms with van der Waals surface area (Å²) < 4.78 is 57.6. The highest BCUT2D eigenvalue weighted by atomic mass is 16.6. The quantitative estimate of drug-likeness (QED) is 0.0121. The molecule has 4 fully saturated rings. The second kappa shape index (κ2) is 46.9. The van der Waals surface area contributed by atoms with Crippen LogP contribution in [0, 0.1) is 35.5 Å². The van der Waals surface area contributed by atoms with Crippen molar-refractivity contribution in [2.75, 3.05) is 103 Å². The number of esters is 1. The van der Waals surface area contributed by atoms with Crippen molar-refractivity contribution in [3.05, 3.63) is 126 Å². The summed E-state index contributed by atoms with van der Waals surface area (Å²) in [7, 11) is 4.63. The predicted molar refractivity (Wildman–Crippen MR) is 483 cm³/mol. The van der Waals surface area contributed by atoms with E-state index >= 15 is 0 Å². The predicted octanol–water partition coefficient (Wildman–Crippen LogP) is 10.3. The summed E-state index contributed by atoms with van der Waals surface area (Å²) in [6, 6.07) is 12.4. The second-order valence-electron chi connectivity index (χ2n) is 35.3. The summed E-state index contributed by atoms with van der Waals surface area (Å²) in [6.07, 6.45) is 21.4. The number of benzene rings is 2. The maximum Gasteiger partial charge on any atom is 0.329 e. The van der Waals surface area contributed by atoms with Crippen LogP contribution in [0.5, 0.6) is 0 Å². The number of carbonyl (C=O) groups is 7. The van der Waals surface area contributed by atoms with Crippen LogP contribution in [0.15, 0.2) is 119 Å². The molecule has 1 saturated carbocycles. The molecule has 3 saturated heterocycles. The number of nitrogens with two attached hydrogens (primary N) is 2. The number of aliphatic hydroxyl groups excluding tert-OH is 1. The number of amides is 3. The first-order valence-corrected chi connectivity index (χ1v) is 45.7. The van der Waals surface area contributed by atoms with E-state index in [1.165, 1.54) is 18.3 Å². The first-order valence-electron chi connectivity index (χ1n) is 45.7. The van der Waals surface area contributed by atoms with Crippen molar-refractivity contribution < 1.29 is 86.1 Å². The molecule has 7 N–H and O–H groups in total. The number of allylic oxidation sites excluding steroid dienone is 6. The molecule has 9 heterocycles. The van der Waals surface area contributed by atoms with Crippen LogP contribution >= 0.6 is 0 Å². The van der Waals surface area contributed by atoms with E-state index in [1.54, 1.807) is 56.5 Å². The number of Topliss-reactive ketones (excluding diaryl/α,β-unsaturated/α-hetero) is 3. The van der Waals surface area contributed by atoms with Gasteiger partial charge in [-0.15, -0.1) is 5.10 Å². The maximum absolute atomic E-state index is 14.9.